The van der Waals surface area contributed by atoms with Crippen LogP contribution in [0.2, 0.25) is 0 Å². The van der Waals surface area contributed by atoms with E-state index in [0.717, 1.165) is 17.7 Å². The average molecular weight is 404 g/mol. The highest BCUT2D eigenvalue weighted by Gasteiger charge is 2.23. The van der Waals surface area contributed by atoms with Crippen molar-refractivity contribution in [2.75, 3.05) is 0 Å². The first-order chi connectivity index (χ1) is 14.3. The van der Waals surface area contributed by atoms with Gasteiger partial charge in [-0.3, -0.25) is 9.36 Å². The van der Waals surface area contributed by atoms with Crippen LogP contribution in [-0.4, -0.2) is 21.5 Å². The molecule has 2 aromatic carbocycles. The van der Waals surface area contributed by atoms with Gasteiger partial charge in [0.15, 0.2) is 0 Å². The number of aromatic nitrogens is 2. The van der Waals surface area contributed by atoms with Gasteiger partial charge in [-0.05, 0) is 54.0 Å². The Morgan fingerprint density at radius 3 is 2.20 bits per heavy atom. The molecule has 0 saturated carbocycles. The van der Waals surface area contributed by atoms with Crippen LogP contribution in [0, 0.1) is 5.41 Å². The Morgan fingerprint density at radius 1 is 1.03 bits per heavy atom. The summed E-state index contributed by atoms with van der Waals surface area (Å²) in [5.74, 6) is -0.110. The zero-order valence-electron chi connectivity index (χ0n) is 18.8. The summed E-state index contributed by atoms with van der Waals surface area (Å²) < 4.78 is 1.84. The maximum atomic E-state index is 12.8. The van der Waals surface area contributed by atoms with Crippen LogP contribution in [0.5, 0.6) is 0 Å². The summed E-state index contributed by atoms with van der Waals surface area (Å²) in [6.07, 6.45) is 6.88. The van der Waals surface area contributed by atoms with E-state index in [1.807, 2.05) is 23.6 Å². The molecule has 0 spiro atoms. The van der Waals surface area contributed by atoms with E-state index in [2.05, 4.69) is 74.4 Å². The summed E-state index contributed by atoms with van der Waals surface area (Å²) >= 11 is 0. The predicted octanol–water partition coefficient (Wildman–Crippen LogP) is 6.05. The van der Waals surface area contributed by atoms with E-state index in [4.69, 9.17) is 0 Å². The van der Waals surface area contributed by atoms with Gasteiger partial charge in [0.1, 0.15) is 5.69 Å². The van der Waals surface area contributed by atoms with Crippen LogP contribution in [0.3, 0.4) is 0 Å². The lowest BCUT2D eigenvalue weighted by Gasteiger charge is -2.28. The molecule has 1 heterocycles. The predicted molar refractivity (Wildman–Crippen MR) is 124 cm³/mol. The summed E-state index contributed by atoms with van der Waals surface area (Å²) in [7, 11) is 0. The van der Waals surface area contributed by atoms with Crippen LogP contribution in [-0.2, 0) is 6.42 Å². The topological polar surface area (TPSA) is 46.9 Å². The molecule has 0 aliphatic rings. The molecule has 0 aliphatic carbocycles. The van der Waals surface area contributed by atoms with Crippen molar-refractivity contribution in [3.05, 3.63) is 72.3 Å². The largest absolute Gasteiger partial charge is 0.348 e. The highest BCUT2D eigenvalue weighted by atomic mass is 16.2. The maximum Gasteiger partial charge on any atom is 0.270 e. The van der Waals surface area contributed by atoms with Gasteiger partial charge in [-0.25, -0.2) is 4.98 Å². The molecular weight excluding hydrogens is 370 g/mol. The molecule has 1 atom stereocenters. The third-order valence-electron chi connectivity index (χ3n) is 5.77. The summed E-state index contributed by atoms with van der Waals surface area (Å²) in [5, 5.41) is 3.09. The Morgan fingerprint density at radius 2 is 1.63 bits per heavy atom. The van der Waals surface area contributed by atoms with Crippen molar-refractivity contribution in [2.24, 2.45) is 5.41 Å². The second-order valence-corrected chi connectivity index (χ2v) is 9.06. The number of carbonyl (C=O) groups is 1. The fraction of sp³-hybridized carbons (Fsp3) is 0.385. The van der Waals surface area contributed by atoms with Crippen LogP contribution in [0.1, 0.15) is 63.5 Å². The smallest absolute Gasteiger partial charge is 0.270 e. The van der Waals surface area contributed by atoms with E-state index in [1.165, 1.54) is 24.0 Å². The molecule has 1 amide bonds. The molecule has 4 nitrogen and oxygen atoms in total. The molecule has 0 saturated heterocycles. The van der Waals surface area contributed by atoms with Gasteiger partial charge in [-0.15, -0.1) is 0 Å². The first kappa shape index (κ1) is 21.8. The van der Waals surface area contributed by atoms with Gasteiger partial charge in [0, 0.05) is 11.7 Å². The molecule has 1 aromatic heterocycles. The number of hydrogen-bond acceptors (Lipinski definition) is 2. The number of nitrogens with one attached hydrogen (secondary N) is 1. The first-order valence-electron chi connectivity index (χ1n) is 10.8. The van der Waals surface area contributed by atoms with Crippen molar-refractivity contribution in [3.63, 3.8) is 0 Å². The number of carbonyl (C=O) groups excluding carboxylic acids is 1. The normalized spacial score (nSPS) is 12.6. The van der Waals surface area contributed by atoms with E-state index in [9.17, 15) is 4.79 Å². The molecule has 158 valence electrons. The Balaban J connectivity index is 1.76. The summed E-state index contributed by atoms with van der Waals surface area (Å²) in [4.78, 5) is 17.0. The molecule has 0 unspecified atom stereocenters. The maximum absolute atomic E-state index is 12.8. The summed E-state index contributed by atoms with van der Waals surface area (Å²) in [6, 6.07) is 17.1. The lowest BCUT2D eigenvalue weighted by Crippen LogP contribution is -2.41. The molecule has 0 bridgehead atoms. The minimum atomic E-state index is -0.110. The molecule has 0 radical (unpaired) electrons. The van der Waals surface area contributed by atoms with E-state index in [1.54, 1.807) is 12.5 Å². The molecule has 4 heteroatoms. The first-order valence-corrected chi connectivity index (χ1v) is 10.8. The van der Waals surface area contributed by atoms with Crippen LogP contribution >= 0.6 is 0 Å². The number of amides is 1. The molecule has 1 N–H and O–H groups in total. The van der Waals surface area contributed by atoms with Crippen LogP contribution in [0.4, 0.5) is 0 Å². The monoisotopic (exact) mass is 403 g/mol. The molecular formula is C26H33N3O. The van der Waals surface area contributed by atoms with Gasteiger partial charge in [-0.2, -0.15) is 0 Å². The third kappa shape index (κ3) is 5.18. The van der Waals surface area contributed by atoms with Crippen molar-refractivity contribution in [3.8, 4) is 16.8 Å². The lowest BCUT2D eigenvalue weighted by atomic mass is 9.88. The molecule has 3 aromatic rings. The van der Waals surface area contributed by atoms with Crippen LogP contribution in [0.25, 0.3) is 16.8 Å². The van der Waals surface area contributed by atoms with E-state index < -0.39 is 0 Å². The minimum Gasteiger partial charge on any atom is -0.348 e. The van der Waals surface area contributed by atoms with Crippen LogP contribution < -0.4 is 5.32 Å². The van der Waals surface area contributed by atoms with Gasteiger partial charge < -0.3 is 5.32 Å². The number of aryl methyl sites for hydroxylation is 1. The van der Waals surface area contributed by atoms with E-state index in [-0.39, 0.29) is 17.4 Å². The molecule has 30 heavy (non-hydrogen) atoms. The Bertz CT molecular complexity index is 963. The molecule has 0 fully saturated rings. The van der Waals surface area contributed by atoms with E-state index >= 15 is 0 Å². The van der Waals surface area contributed by atoms with Gasteiger partial charge in [0.25, 0.3) is 5.91 Å². The third-order valence-corrected chi connectivity index (χ3v) is 5.77. The Labute approximate surface area is 180 Å². The fourth-order valence-electron chi connectivity index (χ4n) is 3.22. The lowest BCUT2D eigenvalue weighted by molar-refractivity contribution is 0.0903. The number of benzene rings is 2. The molecule has 0 aliphatic heterocycles. The van der Waals surface area contributed by atoms with Crippen LogP contribution in [0.15, 0.2) is 61.1 Å². The highest BCUT2D eigenvalue weighted by molar-refractivity contribution is 5.93. The van der Waals surface area contributed by atoms with Crippen molar-refractivity contribution in [2.45, 2.75) is 59.9 Å². The Hall–Kier alpha value is -2.88. The minimum absolute atomic E-state index is 0.00571. The van der Waals surface area contributed by atoms with Crippen molar-refractivity contribution >= 4 is 5.91 Å². The summed E-state index contributed by atoms with van der Waals surface area (Å²) in [5.41, 5.74) is 5.20. The SMILES string of the molecule is CCCCc1ccc(-c2ccc(-n3cncc3C(=O)N[C@@H](C)C(C)(C)C)cc2)cc1. The van der Waals surface area contributed by atoms with Gasteiger partial charge in [0.2, 0.25) is 0 Å². The van der Waals surface area contributed by atoms with Crippen molar-refractivity contribution < 1.29 is 4.79 Å². The zero-order chi connectivity index (χ0) is 21.7. The number of imidazole rings is 1. The summed E-state index contributed by atoms with van der Waals surface area (Å²) in [6.45, 7) is 10.6. The van der Waals surface area contributed by atoms with E-state index in [0.29, 0.717) is 5.69 Å². The average Bonchev–Trinajstić information content (AvgIpc) is 3.22. The zero-order valence-corrected chi connectivity index (χ0v) is 18.8. The van der Waals surface area contributed by atoms with Crippen molar-refractivity contribution in [1.82, 2.24) is 14.9 Å². The fourth-order valence-corrected chi connectivity index (χ4v) is 3.22. The number of hydrogen-bond donors (Lipinski definition) is 1. The Kier molecular flexibility index (Phi) is 6.76. The van der Waals surface area contributed by atoms with Gasteiger partial charge in [0.05, 0.1) is 12.5 Å². The number of rotatable bonds is 7. The number of unbranched alkanes of at least 4 members (excludes halogenated alkanes) is 1. The highest BCUT2D eigenvalue weighted by Crippen LogP contribution is 2.23. The second-order valence-electron chi connectivity index (χ2n) is 9.06. The second kappa shape index (κ2) is 9.29. The quantitative estimate of drug-likeness (QED) is 0.522. The van der Waals surface area contributed by atoms with Gasteiger partial charge in [-0.1, -0.05) is 70.5 Å². The standard InChI is InChI=1S/C26H33N3O/c1-6-7-8-20-9-11-21(12-10-20)22-13-15-23(16-14-22)29-18-27-17-24(29)25(30)28-19(2)26(3,4)5/h9-19H,6-8H2,1-5H3,(H,28,30)/t19-/m0/s1. The van der Waals surface area contributed by atoms with Crippen molar-refractivity contribution in [1.29, 1.82) is 0 Å². The number of nitrogens with zero attached hydrogens (tertiary/aromatic N) is 2. The van der Waals surface area contributed by atoms with Gasteiger partial charge >= 0.3 is 0 Å². The molecule has 3 rings (SSSR count).